The quantitative estimate of drug-likeness (QED) is 0.596. The molecule has 0 saturated carbocycles. The number of fused-ring (bicyclic) bond motifs is 1. The Bertz CT molecular complexity index is 1190. The number of carbonyl (C=O) groups excluding carboxylic acids is 1. The van der Waals surface area contributed by atoms with E-state index in [0.29, 0.717) is 40.4 Å². The van der Waals surface area contributed by atoms with E-state index in [-0.39, 0.29) is 11.2 Å². The molecule has 2 heterocycles. The highest BCUT2D eigenvalue weighted by atomic mass is 16.5. The summed E-state index contributed by atoms with van der Waals surface area (Å²) in [7, 11) is 0. The molecule has 4 aromatic rings. The van der Waals surface area contributed by atoms with Crippen LogP contribution in [0.25, 0.3) is 22.4 Å². The fourth-order valence-corrected chi connectivity index (χ4v) is 2.66. The second-order valence-corrected chi connectivity index (χ2v) is 5.87. The van der Waals surface area contributed by atoms with Crippen LogP contribution in [0.3, 0.4) is 0 Å². The summed E-state index contributed by atoms with van der Waals surface area (Å²) in [5, 5.41) is 7.08. The Labute approximate surface area is 153 Å². The summed E-state index contributed by atoms with van der Waals surface area (Å²) in [6.07, 6.45) is 0.643. The van der Waals surface area contributed by atoms with Gasteiger partial charge in [-0.15, -0.1) is 0 Å². The molecule has 0 radical (unpaired) electrons. The average molecular weight is 361 g/mol. The summed E-state index contributed by atoms with van der Waals surface area (Å²) in [5.41, 5.74) is 1.32. The Kier molecular flexibility index (Phi) is 4.25. The summed E-state index contributed by atoms with van der Waals surface area (Å²) < 4.78 is 10.7. The lowest BCUT2D eigenvalue weighted by Crippen LogP contribution is -2.15. The Morgan fingerprint density at radius 1 is 1.11 bits per heavy atom. The van der Waals surface area contributed by atoms with Crippen LogP contribution < -0.4 is 10.7 Å². The SMILES string of the molecule is CCc1nc(-c2cccc(NC(=O)c3cc(=O)c4ccccc4o3)c2)no1. The molecule has 2 aromatic heterocycles. The molecule has 0 bridgehead atoms. The van der Waals surface area contributed by atoms with Gasteiger partial charge in [0, 0.05) is 23.7 Å². The number of hydrogen-bond donors (Lipinski definition) is 1. The molecule has 134 valence electrons. The lowest BCUT2D eigenvalue weighted by Gasteiger charge is -2.06. The topological polar surface area (TPSA) is 98.2 Å². The molecule has 2 aromatic carbocycles. The first-order valence-corrected chi connectivity index (χ1v) is 8.41. The third kappa shape index (κ3) is 3.35. The molecule has 0 aliphatic heterocycles. The number of nitrogens with one attached hydrogen (secondary N) is 1. The lowest BCUT2D eigenvalue weighted by molar-refractivity contribution is 0.0997. The number of para-hydroxylation sites is 1. The normalized spacial score (nSPS) is 10.9. The fourth-order valence-electron chi connectivity index (χ4n) is 2.66. The van der Waals surface area contributed by atoms with Crippen molar-refractivity contribution < 1.29 is 13.7 Å². The zero-order chi connectivity index (χ0) is 18.8. The standard InChI is InChI=1S/C20H15N3O4/c1-2-18-22-19(23-27-18)12-6-5-7-13(10-12)21-20(25)17-11-15(24)14-8-3-4-9-16(14)26-17/h3-11H,2H2,1H3,(H,21,25). The number of aryl methyl sites for hydroxylation is 1. The van der Waals surface area contributed by atoms with Crippen LogP contribution in [-0.4, -0.2) is 16.0 Å². The molecular weight excluding hydrogens is 346 g/mol. The van der Waals surface area contributed by atoms with E-state index in [0.717, 1.165) is 0 Å². The first-order chi connectivity index (χ1) is 13.1. The van der Waals surface area contributed by atoms with Gasteiger partial charge in [-0.05, 0) is 24.3 Å². The van der Waals surface area contributed by atoms with Gasteiger partial charge in [-0.25, -0.2) is 0 Å². The minimum Gasteiger partial charge on any atom is -0.451 e. The maximum absolute atomic E-state index is 12.5. The number of amides is 1. The summed E-state index contributed by atoms with van der Waals surface area (Å²) in [4.78, 5) is 28.9. The molecule has 0 fully saturated rings. The number of carbonyl (C=O) groups is 1. The lowest BCUT2D eigenvalue weighted by atomic mass is 10.2. The first kappa shape index (κ1) is 16.7. The van der Waals surface area contributed by atoms with Crippen molar-refractivity contribution in [3.63, 3.8) is 0 Å². The van der Waals surface area contributed by atoms with E-state index in [1.165, 1.54) is 6.07 Å². The summed E-state index contributed by atoms with van der Waals surface area (Å²) in [6.45, 7) is 1.92. The maximum atomic E-state index is 12.5. The molecule has 0 aliphatic carbocycles. The number of aromatic nitrogens is 2. The van der Waals surface area contributed by atoms with Crippen LogP contribution in [0.1, 0.15) is 23.4 Å². The number of rotatable bonds is 4. The molecule has 7 nitrogen and oxygen atoms in total. The predicted molar refractivity (Wildman–Crippen MR) is 99.5 cm³/mol. The van der Waals surface area contributed by atoms with Crippen molar-refractivity contribution in [1.29, 1.82) is 0 Å². The first-order valence-electron chi connectivity index (χ1n) is 8.41. The van der Waals surface area contributed by atoms with E-state index >= 15 is 0 Å². The monoisotopic (exact) mass is 361 g/mol. The van der Waals surface area contributed by atoms with Gasteiger partial charge < -0.3 is 14.3 Å². The maximum Gasteiger partial charge on any atom is 0.291 e. The highest BCUT2D eigenvalue weighted by Crippen LogP contribution is 2.21. The zero-order valence-corrected chi connectivity index (χ0v) is 14.4. The largest absolute Gasteiger partial charge is 0.451 e. The van der Waals surface area contributed by atoms with E-state index in [9.17, 15) is 9.59 Å². The van der Waals surface area contributed by atoms with Gasteiger partial charge in [0.2, 0.25) is 11.7 Å². The zero-order valence-electron chi connectivity index (χ0n) is 14.4. The van der Waals surface area contributed by atoms with Crippen LogP contribution in [0.5, 0.6) is 0 Å². The van der Waals surface area contributed by atoms with E-state index < -0.39 is 5.91 Å². The van der Waals surface area contributed by atoms with Crippen LogP contribution in [0.4, 0.5) is 5.69 Å². The van der Waals surface area contributed by atoms with Crippen LogP contribution >= 0.6 is 0 Å². The van der Waals surface area contributed by atoms with Crippen molar-refractivity contribution in [3.05, 3.63) is 76.5 Å². The van der Waals surface area contributed by atoms with Crippen molar-refractivity contribution in [2.75, 3.05) is 5.32 Å². The number of hydrogen-bond acceptors (Lipinski definition) is 6. The smallest absolute Gasteiger partial charge is 0.291 e. The average Bonchev–Trinajstić information content (AvgIpc) is 3.17. The number of benzene rings is 2. The number of nitrogens with zero attached hydrogens (tertiary/aromatic N) is 2. The third-order valence-electron chi connectivity index (χ3n) is 4.01. The van der Waals surface area contributed by atoms with Gasteiger partial charge in [-0.2, -0.15) is 4.98 Å². The Balaban J connectivity index is 1.61. The molecule has 27 heavy (non-hydrogen) atoms. The van der Waals surface area contributed by atoms with Gasteiger partial charge in [0.1, 0.15) is 5.58 Å². The van der Waals surface area contributed by atoms with E-state index in [1.807, 2.05) is 13.0 Å². The van der Waals surface area contributed by atoms with Crippen LogP contribution in [0, 0.1) is 0 Å². The molecular formula is C20H15N3O4. The van der Waals surface area contributed by atoms with Gasteiger partial charge >= 0.3 is 0 Å². The predicted octanol–water partition coefficient (Wildman–Crippen LogP) is 3.66. The second-order valence-electron chi connectivity index (χ2n) is 5.87. The Morgan fingerprint density at radius 3 is 2.78 bits per heavy atom. The number of anilines is 1. The highest BCUT2D eigenvalue weighted by molar-refractivity contribution is 6.03. The van der Waals surface area contributed by atoms with Crippen LogP contribution in [0.15, 0.2) is 68.3 Å². The van der Waals surface area contributed by atoms with Gasteiger partial charge in [0.25, 0.3) is 5.91 Å². The van der Waals surface area contributed by atoms with Crippen molar-refractivity contribution >= 4 is 22.6 Å². The molecule has 0 spiro atoms. The van der Waals surface area contributed by atoms with E-state index in [1.54, 1.807) is 42.5 Å². The summed E-state index contributed by atoms with van der Waals surface area (Å²) >= 11 is 0. The van der Waals surface area contributed by atoms with Crippen molar-refractivity contribution in [2.45, 2.75) is 13.3 Å². The van der Waals surface area contributed by atoms with Crippen LogP contribution in [-0.2, 0) is 6.42 Å². The Morgan fingerprint density at radius 2 is 1.96 bits per heavy atom. The summed E-state index contributed by atoms with van der Waals surface area (Å²) in [5.74, 6) is 0.409. The van der Waals surface area contributed by atoms with Crippen molar-refractivity contribution in [2.24, 2.45) is 0 Å². The van der Waals surface area contributed by atoms with Gasteiger partial charge in [-0.1, -0.05) is 36.3 Å². The van der Waals surface area contributed by atoms with Crippen LogP contribution in [0.2, 0.25) is 0 Å². The molecule has 1 amide bonds. The molecule has 4 rings (SSSR count). The molecule has 0 aliphatic rings. The third-order valence-corrected chi connectivity index (χ3v) is 4.01. The minimum atomic E-state index is -0.516. The molecule has 0 saturated heterocycles. The molecule has 1 N–H and O–H groups in total. The van der Waals surface area contributed by atoms with Gasteiger partial charge in [0.05, 0.1) is 5.39 Å². The van der Waals surface area contributed by atoms with Crippen molar-refractivity contribution in [1.82, 2.24) is 10.1 Å². The van der Waals surface area contributed by atoms with Gasteiger partial charge in [-0.3, -0.25) is 9.59 Å². The minimum absolute atomic E-state index is 0.0584. The fraction of sp³-hybridized carbons (Fsp3) is 0.100. The Hall–Kier alpha value is -3.74. The van der Waals surface area contributed by atoms with Gasteiger partial charge in [0.15, 0.2) is 11.2 Å². The molecule has 0 unspecified atom stereocenters. The van der Waals surface area contributed by atoms with Crippen molar-refractivity contribution in [3.8, 4) is 11.4 Å². The molecule has 7 heteroatoms. The molecule has 0 atom stereocenters. The summed E-state index contributed by atoms with van der Waals surface area (Å²) in [6, 6.07) is 15.0. The highest BCUT2D eigenvalue weighted by Gasteiger charge is 2.14. The second kappa shape index (κ2) is 6.87. The van der Waals surface area contributed by atoms with E-state index in [4.69, 9.17) is 8.94 Å². The van der Waals surface area contributed by atoms with E-state index in [2.05, 4.69) is 15.5 Å².